The molecular weight excluding hydrogens is 118 g/mol. The minimum Gasteiger partial charge on any atom is -0.195 e. The van der Waals surface area contributed by atoms with E-state index < -0.39 is 0 Å². The smallest absolute Gasteiger partial charge is 0.195 e. The van der Waals surface area contributed by atoms with Gasteiger partial charge in [-0.3, -0.25) is 0 Å². The summed E-state index contributed by atoms with van der Waals surface area (Å²) >= 11 is 1.71. The molecule has 1 heterocycles. The third-order valence-electron chi connectivity index (χ3n) is 0.943. The molecule has 1 nitrogen and oxygen atoms in total. The van der Waals surface area contributed by atoms with Crippen LogP contribution in [0.4, 0.5) is 0 Å². The van der Waals surface area contributed by atoms with Crippen molar-refractivity contribution in [2.75, 3.05) is 0 Å². The molecule has 0 saturated carbocycles. The lowest BCUT2D eigenvalue weighted by atomic mass is 10.5. The van der Waals surface area contributed by atoms with Gasteiger partial charge >= 0.3 is 0 Å². The van der Waals surface area contributed by atoms with Crippen LogP contribution in [0.2, 0.25) is 0 Å². The van der Waals surface area contributed by atoms with Crippen molar-refractivity contribution in [2.24, 2.45) is 0 Å². The van der Waals surface area contributed by atoms with Crippen LogP contribution in [0.1, 0.15) is 6.42 Å². The van der Waals surface area contributed by atoms with Crippen LogP contribution in [-0.4, -0.2) is 0 Å². The Morgan fingerprint density at radius 2 is 2.50 bits per heavy atom. The minimum absolute atomic E-state index is 0.974. The lowest BCUT2D eigenvalue weighted by Crippen LogP contribution is -2.29. The molecule has 8 heavy (non-hydrogen) atoms. The van der Waals surface area contributed by atoms with Crippen molar-refractivity contribution in [1.29, 1.82) is 0 Å². The maximum atomic E-state index is 3.74. The van der Waals surface area contributed by atoms with E-state index in [0.717, 1.165) is 13.0 Å². The first-order chi connectivity index (χ1) is 3.93. The molecule has 1 radical (unpaired) electrons. The highest BCUT2D eigenvalue weighted by Crippen LogP contribution is 1.87. The van der Waals surface area contributed by atoms with Gasteiger partial charge in [-0.2, -0.15) is 4.57 Å². The third-order valence-corrected chi connectivity index (χ3v) is 1.61. The Hall–Kier alpha value is -0.370. The first kappa shape index (κ1) is 5.76. The number of nitrogens with zero attached hydrogens (tertiary/aromatic N) is 1. The molecule has 0 aliphatic rings. The number of thiazole rings is 1. The average Bonchev–Trinajstić information content (AvgIpc) is 2.19. The van der Waals surface area contributed by atoms with Crippen LogP contribution in [0.5, 0.6) is 0 Å². The Morgan fingerprint density at radius 1 is 1.62 bits per heavy atom. The minimum atomic E-state index is 0.974. The van der Waals surface area contributed by atoms with Crippen LogP contribution >= 0.6 is 11.3 Å². The summed E-state index contributed by atoms with van der Waals surface area (Å²) in [5.41, 5.74) is 2.09. The molecular formula is C6H9NS+. The number of rotatable bonds is 2. The van der Waals surface area contributed by atoms with E-state index in [-0.39, 0.29) is 0 Å². The van der Waals surface area contributed by atoms with Crippen molar-refractivity contribution in [2.45, 2.75) is 13.0 Å². The van der Waals surface area contributed by atoms with E-state index >= 15 is 0 Å². The van der Waals surface area contributed by atoms with Gasteiger partial charge in [0.2, 0.25) is 5.51 Å². The summed E-state index contributed by atoms with van der Waals surface area (Å²) in [5.74, 6) is 0. The van der Waals surface area contributed by atoms with Gasteiger partial charge < -0.3 is 0 Å². The molecule has 1 aromatic rings. The summed E-state index contributed by atoms with van der Waals surface area (Å²) in [7, 11) is 0. The average molecular weight is 127 g/mol. The molecule has 0 aliphatic carbocycles. The van der Waals surface area contributed by atoms with Crippen molar-refractivity contribution in [3.05, 3.63) is 24.0 Å². The zero-order chi connectivity index (χ0) is 5.82. The van der Waals surface area contributed by atoms with Crippen LogP contribution in [0, 0.1) is 6.92 Å². The van der Waals surface area contributed by atoms with Gasteiger partial charge in [0, 0.05) is 6.42 Å². The Balaban J connectivity index is 2.50. The monoisotopic (exact) mass is 127 g/mol. The highest BCUT2D eigenvalue weighted by molar-refractivity contribution is 7.07. The van der Waals surface area contributed by atoms with Crippen LogP contribution < -0.4 is 4.57 Å². The fraction of sp³-hybridized carbons (Fsp3) is 0.333. The van der Waals surface area contributed by atoms with Gasteiger partial charge in [-0.05, 0) is 6.92 Å². The molecule has 0 aromatic carbocycles. The molecule has 1 rings (SSSR count). The summed E-state index contributed by atoms with van der Waals surface area (Å²) in [5, 5.41) is 2.07. The fourth-order valence-electron chi connectivity index (χ4n) is 0.572. The Bertz CT molecular complexity index is 134. The third kappa shape index (κ3) is 1.30. The van der Waals surface area contributed by atoms with E-state index in [0.29, 0.717) is 0 Å². The zero-order valence-corrected chi connectivity index (χ0v) is 5.53. The highest BCUT2D eigenvalue weighted by atomic mass is 32.1. The Morgan fingerprint density at radius 3 is 3.00 bits per heavy atom. The van der Waals surface area contributed by atoms with Crippen LogP contribution in [0.3, 0.4) is 0 Å². The second-order valence-electron chi connectivity index (χ2n) is 1.62. The lowest BCUT2D eigenvalue weighted by Gasteiger charge is -1.81. The van der Waals surface area contributed by atoms with Crippen molar-refractivity contribution in [3.8, 4) is 0 Å². The van der Waals surface area contributed by atoms with Crippen molar-refractivity contribution >= 4 is 11.3 Å². The van der Waals surface area contributed by atoms with Gasteiger partial charge in [0.25, 0.3) is 0 Å². The summed E-state index contributed by atoms with van der Waals surface area (Å²) in [6.07, 6.45) is 3.04. The molecule has 0 fully saturated rings. The summed E-state index contributed by atoms with van der Waals surface area (Å²) in [4.78, 5) is 0. The molecule has 0 saturated heterocycles. The summed E-state index contributed by atoms with van der Waals surface area (Å²) in [6.45, 7) is 4.79. The van der Waals surface area contributed by atoms with Gasteiger partial charge in [-0.15, -0.1) is 0 Å². The Kier molecular flexibility index (Phi) is 2.03. The maximum Gasteiger partial charge on any atom is 0.224 e. The van der Waals surface area contributed by atoms with E-state index in [9.17, 15) is 0 Å². The fourth-order valence-corrected chi connectivity index (χ4v) is 1.20. The molecule has 43 valence electrons. The molecule has 0 aliphatic heterocycles. The van der Waals surface area contributed by atoms with E-state index in [1.807, 2.05) is 0 Å². The van der Waals surface area contributed by atoms with Gasteiger partial charge in [0.1, 0.15) is 6.54 Å². The van der Waals surface area contributed by atoms with Gasteiger partial charge in [0.15, 0.2) is 6.20 Å². The molecule has 0 unspecified atom stereocenters. The topological polar surface area (TPSA) is 3.88 Å². The first-order valence-corrected chi connectivity index (χ1v) is 3.58. The molecule has 2 heteroatoms. The SMILES string of the molecule is [CH2]CC[n+]1ccsc1. The summed E-state index contributed by atoms with van der Waals surface area (Å²) < 4.78 is 2.14. The number of aromatic nitrogens is 1. The lowest BCUT2D eigenvalue weighted by molar-refractivity contribution is -0.691. The van der Waals surface area contributed by atoms with Gasteiger partial charge in [0.05, 0.1) is 5.38 Å². The van der Waals surface area contributed by atoms with Crippen molar-refractivity contribution in [1.82, 2.24) is 0 Å². The molecule has 0 spiro atoms. The molecule has 0 amide bonds. The summed E-state index contributed by atoms with van der Waals surface area (Å²) in [6, 6.07) is 0. The van der Waals surface area contributed by atoms with E-state index in [1.54, 1.807) is 11.3 Å². The zero-order valence-electron chi connectivity index (χ0n) is 4.71. The van der Waals surface area contributed by atoms with Crippen LogP contribution in [0.25, 0.3) is 0 Å². The quantitative estimate of drug-likeness (QED) is 0.527. The predicted octanol–water partition coefficient (Wildman–Crippen LogP) is 1.26. The van der Waals surface area contributed by atoms with Gasteiger partial charge in [-0.1, -0.05) is 11.3 Å². The largest absolute Gasteiger partial charge is 0.224 e. The standard InChI is InChI=1S/C6H9NS/c1-2-3-7-4-5-8-6-7/h4-6H,1-3H2/q+1. The van der Waals surface area contributed by atoms with E-state index in [1.165, 1.54) is 0 Å². The number of hydrogen-bond donors (Lipinski definition) is 0. The predicted molar refractivity (Wildman–Crippen MR) is 34.5 cm³/mol. The van der Waals surface area contributed by atoms with E-state index in [4.69, 9.17) is 0 Å². The van der Waals surface area contributed by atoms with Crippen molar-refractivity contribution < 1.29 is 4.57 Å². The second-order valence-corrected chi connectivity index (χ2v) is 2.37. The van der Waals surface area contributed by atoms with Crippen LogP contribution in [0.15, 0.2) is 17.1 Å². The van der Waals surface area contributed by atoms with E-state index in [2.05, 4.69) is 28.6 Å². The maximum absolute atomic E-state index is 3.74. The normalized spacial score (nSPS) is 9.62. The number of aryl methyl sites for hydroxylation is 1. The highest BCUT2D eigenvalue weighted by Gasteiger charge is 1.93. The van der Waals surface area contributed by atoms with Crippen molar-refractivity contribution in [3.63, 3.8) is 0 Å². The Labute approximate surface area is 53.6 Å². The number of hydrogen-bond acceptors (Lipinski definition) is 1. The molecule has 0 N–H and O–H groups in total. The van der Waals surface area contributed by atoms with Crippen LogP contribution in [-0.2, 0) is 6.54 Å². The first-order valence-electron chi connectivity index (χ1n) is 2.64. The van der Waals surface area contributed by atoms with Gasteiger partial charge in [-0.25, -0.2) is 0 Å². The molecule has 0 atom stereocenters. The molecule has 1 aromatic heterocycles. The second kappa shape index (κ2) is 2.82. The molecule has 0 bridgehead atoms.